The average Bonchev–Trinajstić information content (AvgIpc) is 2.92. The molecule has 31 heavy (non-hydrogen) atoms. The lowest BCUT2D eigenvalue weighted by molar-refractivity contribution is -0.116. The second-order valence-electron chi connectivity index (χ2n) is 7.92. The van der Waals surface area contributed by atoms with Crippen LogP contribution in [0.2, 0.25) is 5.02 Å². The number of carbonyl (C=O) groups is 1. The number of hydrogen-bond acceptors (Lipinski definition) is 4. The first-order valence-electron chi connectivity index (χ1n) is 10.1. The largest absolute Gasteiger partial charge is 0.508 e. The van der Waals surface area contributed by atoms with E-state index in [0.717, 1.165) is 22.6 Å². The third-order valence-electron chi connectivity index (χ3n) is 5.95. The second kappa shape index (κ2) is 7.75. The van der Waals surface area contributed by atoms with Crippen LogP contribution in [0.25, 0.3) is 0 Å². The molecule has 5 rings (SSSR count). The number of allylic oxidation sites excluding steroid dienone is 1. The Labute approximate surface area is 184 Å². The van der Waals surface area contributed by atoms with Crippen molar-refractivity contribution in [1.82, 2.24) is 0 Å². The lowest BCUT2D eigenvalue weighted by atomic mass is 9.78. The molecule has 4 nitrogen and oxygen atoms in total. The summed E-state index contributed by atoms with van der Waals surface area (Å²) in [6.07, 6.45) is 0.905. The highest BCUT2D eigenvalue weighted by atomic mass is 35.5. The summed E-state index contributed by atoms with van der Waals surface area (Å²) < 4.78 is 13.4. The summed E-state index contributed by atoms with van der Waals surface area (Å²) in [5, 5.41) is 17.9. The standard InChI is InChI=1S/C25H20ClFN2O2/c26-16-7-10-22(30)18(13-16)25-24-21(28-19-3-1-2-4-20(19)29-25)11-15(12-23(24)31)14-5-8-17(27)9-6-14/h1-10,13,15,25,28-30H,11-12H2. The predicted octanol–water partition coefficient (Wildman–Crippen LogP) is 6.16. The quantitative estimate of drug-likeness (QED) is 0.451. The summed E-state index contributed by atoms with van der Waals surface area (Å²) in [7, 11) is 0. The first kappa shape index (κ1) is 19.6. The molecular formula is C25H20ClFN2O2. The minimum absolute atomic E-state index is 0.0206. The summed E-state index contributed by atoms with van der Waals surface area (Å²) >= 11 is 6.22. The molecule has 0 amide bonds. The van der Waals surface area contributed by atoms with E-state index in [0.29, 0.717) is 29.0 Å². The number of hydrogen-bond donors (Lipinski definition) is 3. The topological polar surface area (TPSA) is 61.4 Å². The SMILES string of the molecule is O=C1CC(c2ccc(F)cc2)CC2=C1C(c1cc(Cl)ccc1O)Nc1ccccc1N2. The number of phenolic OH excluding ortho intramolecular Hbond substituents is 1. The van der Waals surface area contributed by atoms with Gasteiger partial charge in [0.2, 0.25) is 0 Å². The molecule has 3 aromatic rings. The number of halogens is 2. The van der Waals surface area contributed by atoms with Gasteiger partial charge in [0.05, 0.1) is 17.4 Å². The van der Waals surface area contributed by atoms with Crippen molar-refractivity contribution in [2.75, 3.05) is 10.6 Å². The Hall–Kier alpha value is -3.31. The monoisotopic (exact) mass is 434 g/mol. The van der Waals surface area contributed by atoms with E-state index >= 15 is 0 Å². The molecule has 0 bridgehead atoms. The van der Waals surface area contributed by atoms with Gasteiger partial charge in [-0.2, -0.15) is 0 Å². The van der Waals surface area contributed by atoms with Gasteiger partial charge in [-0.3, -0.25) is 4.79 Å². The van der Waals surface area contributed by atoms with Crippen LogP contribution >= 0.6 is 11.6 Å². The van der Waals surface area contributed by atoms with Crippen LogP contribution in [0.15, 0.2) is 78.0 Å². The molecule has 1 aliphatic heterocycles. The fourth-order valence-corrected chi connectivity index (χ4v) is 4.63. The number of anilines is 2. The van der Waals surface area contributed by atoms with Crippen molar-refractivity contribution >= 4 is 28.8 Å². The summed E-state index contributed by atoms with van der Waals surface area (Å²) in [5.41, 5.74) is 4.54. The zero-order valence-electron chi connectivity index (χ0n) is 16.5. The van der Waals surface area contributed by atoms with Crippen molar-refractivity contribution in [2.45, 2.75) is 24.8 Å². The van der Waals surface area contributed by atoms with Gasteiger partial charge in [-0.15, -0.1) is 0 Å². The number of fused-ring (bicyclic) bond motifs is 1. The van der Waals surface area contributed by atoms with Crippen LogP contribution in [0.1, 0.15) is 35.9 Å². The molecule has 156 valence electrons. The Morgan fingerprint density at radius 2 is 1.71 bits per heavy atom. The molecule has 3 aromatic carbocycles. The molecule has 0 saturated carbocycles. The van der Waals surface area contributed by atoms with Gasteiger partial charge >= 0.3 is 0 Å². The highest BCUT2D eigenvalue weighted by Crippen LogP contribution is 2.46. The van der Waals surface area contributed by atoms with Gasteiger partial charge in [-0.1, -0.05) is 35.9 Å². The molecule has 1 aliphatic carbocycles. The fraction of sp³-hybridized carbons (Fsp3) is 0.160. The maximum absolute atomic E-state index is 13.4. The average molecular weight is 435 g/mol. The van der Waals surface area contributed by atoms with Crippen LogP contribution in [-0.2, 0) is 4.79 Å². The summed E-state index contributed by atoms with van der Waals surface area (Å²) in [4.78, 5) is 13.4. The van der Waals surface area contributed by atoms with Gasteiger partial charge in [0.25, 0.3) is 0 Å². The molecule has 1 heterocycles. The van der Waals surface area contributed by atoms with Gasteiger partial charge in [0, 0.05) is 28.3 Å². The van der Waals surface area contributed by atoms with E-state index in [1.807, 2.05) is 24.3 Å². The first-order chi connectivity index (χ1) is 15.0. The van der Waals surface area contributed by atoms with Gasteiger partial charge in [-0.25, -0.2) is 4.39 Å². The van der Waals surface area contributed by atoms with E-state index in [2.05, 4.69) is 10.6 Å². The Kier molecular flexibility index (Phi) is 4.91. The van der Waals surface area contributed by atoms with Crippen molar-refractivity contribution < 1.29 is 14.3 Å². The first-order valence-corrected chi connectivity index (χ1v) is 10.5. The molecule has 0 spiro atoms. The van der Waals surface area contributed by atoms with Crippen molar-refractivity contribution in [3.63, 3.8) is 0 Å². The number of carbonyl (C=O) groups excluding carboxylic acids is 1. The number of nitrogens with one attached hydrogen (secondary N) is 2. The number of phenols is 1. The van der Waals surface area contributed by atoms with E-state index in [1.165, 1.54) is 12.1 Å². The lowest BCUT2D eigenvalue weighted by Crippen LogP contribution is -2.27. The van der Waals surface area contributed by atoms with Gasteiger partial charge in [-0.05, 0) is 60.4 Å². The number of Topliss-reactive ketones (excluding diaryl/α,β-unsaturated/α-hetero) is 1. The van der Waals surface area contributed by atoms with Crippen LogP contribution in [0.4, 0.5) is 15.8 Å². The molecule has 0 aromatic heterocycles. The van der Waals surface area contributed by atoms with Crippen LogP contribution in [0, 0.1) is 5.82 Å². The molecule has 2 atom stereocenters. The molecule has 2 unspecified atom stereocenters. The number of para-hydroxylation sites is 2. The third-order valence-corrected chi connectivity index (χ3v) is 6.19. The zero-order valence-corrected chi connectivity index (χ0v) is 17.3. The van der Waals surface area contributed by atoms with Crippen molar-refractivity contribution in [2.24, 2.45) is 0 Å². The number of aromatic hydroxyl groups is 1. The van der Waals surface area contributed by atoms with Crippen molar-refractivity contribution in [3.05, 3.63) is 100.0 Å². The number of rotatable bonds is 2. The smallest absolute Gasteiger partial charge is 0.163 e. The number of benzene rings is 3. The van der Waals surface area contributed by atoms with Crippen molar-refractivity contribution in [3.8, 4) is 5.75 Å². The summed E-state index contributed by atoms with van der Waals surface area (Å²) in [5.74, 6) is -0.305. The summed E-state index contributed by atoms with van der Waals surface area (Å²) in [6.45, 7) is 0. The second-order valence-corrected chi connectivity index (χ2v) is 8.36. The van der Waals surface area contributed by atoms with Gasteiger partial charge in [0.15, 0.2) is 5.78 Å². The lowest BCUT2D eigenvalue weighted by Gasteiger charge is -2.30. The molecule has 0 radical (unpaired) electrons. The van der Waals surface area contributed by atoms with Crippen LogP contribution < -0.4 is 10.6 Å². The van der Waals surface area contributed by atoms with E-state index in [1.54, 1.807) is 30.3 Å². The molecule has 0 saturated heterocycles. The molecule has 6 heteroatoms. The highest BCUT2D eigenvalue weighted by Gasteiger charge is 2.37. The Bertz CT molecular complexity index is 1210. The van der Waals surface area contributed by atoms with Crippen LogP contribution in [0.5, 0.6) is 5.75 Å². The highest BCUT2D eigenvalue weighted by molar-refractivity contribution is 6.30. The molecule has 0 fully saturated rings. The van der Waals surface area contributed by atoms with Crippen LogP contribution in [0.3, 0.4) is 0 Å². The van der Waals surface area contributed by atoms with Gasteiger partial charge in [0.1, 0.15) is 11.6 Å². The zero-order chi connectivity index (χ0) is 21.5. The normalized spacial score (nSPS) is 20.3. The summed E-state index contributed by atoms with van der Waals surface area (Å²) in [6, 6.07) is 18.3. The third kappa shape index (κ3) is 3.66. The van der Waals surface area contributed by atoms with Crippen LogP contribution in [-0.4, -0.2) is 10.9 Å². The predicted molar refractivity (Wildman–Crippen MR) is 120 cm³/mol. The molecule has 3 N–H and O–H groups in total. The molecule has 2 aliphatic rings. The van der Waals surface area contributed by atoms with E-state index in [-0.39, 0.29) is 23.3 Å². The van der Waals surface area contributed by atoms with E-state index in [9.17, 15) is 14.3 Å². The van der Waals surface area contributed by atoms with E-state index < -0.39 is 6.04 Å². The Morgan fingerprint density at radius 3 is 2.48 bits per heavy atom. The Morgan fingerprint density at radius 1 is 0.968 bits per heavy atom. The van der Waals surface area contributed by atoms with E-state index in [4.69, 9.17) is 11.6 Å². The Balaban J connectivity index is 1.63. The maximum Gasteiger partial charge on any atom is 0.163 e. The minimum Gasteiger partial charge on any atom is -0.508 e. The molecular weight excluding hydrogens is 415 g/mol. The maximum atomic E-state index is 13.4. The van der Waals surface area contributed by atoms with Gasteiger partial charge < -0.3 is 15.7 Å². The number of ketones is 1. The fourth-order valence-electron chi connectivity index (χ4n) is 4.45. The van der Waals surface area contributed by atoms with Crippen molar-refractivity contribution in [1.29, 1.82) is 0 Å². The minimum atomic E-state index is -0.550.